The van der Waals surface area contributed by atoms with Gasteiger partial charge in [-0.15, -0.1) is 0 Å². The summed E-state index contributed by atoms with van der Waals surface area (Å²) in [5.41, 5.74) is 3.13. The zero-order chi connectivity index (χ0) is 16.6. The summed E-state index contributed by atoms with van der Waals surface area (Å²) in [6.07, 6.45) is 0.899. The van der Waals surface area contributed by atoms with E-state index in [1.807, 2.05) is 41.9 Å². The molecule has 1 atom stereocenters. The van der Waals surface area contributed by atoms with Crippen LogP contribution in [0.4, 0.5) is 0 Å². The Bertz CT molecular complexity index is 869. The van der Waals surface area contributed by atoms with E-state index in [0.717, 1.165) is 12.0 Å². The Morgan fingerprint density at radius 2 is 2.00 bits per heavy atom. The molecule has 2 aromatic heterocycles. The number of aryl methyl sites for hydroxylation is 1. The summed E-state index contributed by atoms with van der Waals surface area (Å²) in [5.74, 6) is -0.957. The number of aromatic carboxylic acids is 1. The van der Waals surface area contributed by atoms with Gasteiger partial charge in [0.15, 0.2) is 5.65 Å². The molecule has 0 amide bonds. The van der Waals surface area contributed by atoms with Crippen molar-refractivity contribution in [2.45, 2.75) is 33.2 Å². The van der Waals surface area contributed by atoms with Gasteiger partial charge in [0.25, 0.3) is 0 Å². The van der Waals surface area contributed by atoms with E-state index >= 15 is 0 Å². The number of pyridine rings is 1. The molecule has 5 heteroatoms. The first-order valence-electron chi connectivity index (χ1n) is 7.71. The fourth-order valence-electron chi connectivity index (χ4n) is 2.72. The van der Waals surface area contributed by atoms with Crippen LogP contribution in [-0.2, 0) is 0 Å². The van der Waals surface area contributed by atoms with Crippen LogP contribution in [0, 0.1) is 6.92 Å². The van der Waals surface area contributed by atoms with Gasteiger partial charge in [0.05, 0.1) is 28.4 Å². The molecule has 0 aliphatic heterocycles. The lowest BCUT2D eigenvalue weighted by Gasteiger charge is -2.11. The van der Waals surface area contributed by atoms with E-state index in [4.69, 9.17) is 4.98 Å². The van der Waals surface area contributed by atoms with Crippen LogP contribution in [0.5, 0.6) is 0 Å². The third kappa shape index (κ3) is 2.59. The maximum atomic E-state index is 11.7. The molecule has 1 unspecified atom stereocenters. The maximum Gasteiger partial charge on any atom is 0.336 e. The summed E-state index contributed by atoms with van der Waals surface area (Å²) < 4.78 is 1.84. The molecule has 0 spiro atoms. The highest BCUT2D eigenvalue weighted by Gasteiger charge is 2.21. The summed E-state index contributed by atoms with van der Waals surface area (Å²) >= 11 is 0. The molecule has 0 radical (unpaired) electrons. The Labute approximate surface area is 134 Å². The van der Waals surface area contributed by atoms with Crippen molar-refractivity contribution in [3.05, 3.63) is 47.7 Å². The standard InChI is InChI=1S/C18H19N3O2/c1-4-11(2)21-17-16(12(3)20-21)14(18(22)23)10-15(19-17)13-8-6-5-7-9-13/h5-11H,4H2,1-3H3,(H,22,23). The first kappa shape index (κ1) is 15.2. The third-order valence-electron chi connectivity index (χ3n) is 4.15. The molecule has 1 N–H and O–H groups in total. The van der Waals surface area contributed by atoms with E-state index < -0.39 is 5.97 Å². The monoisotopic (exact) mass is 309 g/mol. The number of benzene rings is 1. The molecule has 23 heavy (non-hydrogen) atoms. The minimum atomic E-state index is -0.957. The van der Waals surface area contributed by atoms with E-state index in [2.05, 4.69) is 18.9 Å². The van der Waals surface area contributed by atoms with Gasteiger partial charge in [-0.1, -0.05) is 37.3 Å². The van der Waals surface area contributed by atoms with Gasteiger partial charge in [-0.05, 0) is 26.3 Å². The van der Waals surface area contributed by atoms with Crippen molar-refractivity contribution in [3.63, 3.8) is 0 Å². The van der Waals surface area contributed by atoms with Gasteiger partial charge < -0.3 is 5.11 Å². The fourth-order valence-corrected chi connectivity index (χ4v) is 2.72. The molecule has 0 aliphatic rings. The Hall–Kier alpha value is -2.69. The normalized spacial score (nSPS) is 12.5. The molecule has 3 rings (SSSR count). The molecule has 0 saturated carbocycles. The summed E-state index contributed by atoms with van der Waals surface area (Å²) in [7, 11) is 0. The van der Waals surface area contributed by atoms with E-state index in [0.29, 0.717) is 22.4 Å². The molecule has 1 aromatic carbocycles. The van der Waals surface area contributed by atoms with Gasteiger partial charge in [-0.25, -0.2) is 14.5 Å². The number of carboxylic acid groups (broad SMARTS) is 1. The minimum Gasteiger partial charge on any atom is -0.478 e. The number of rotatable bonds is 4. The number of carboxylic acids is 1. The molecular weight excluding hydrogens is 290 g/mol. The predicted molar refractivity (Wildman–Crippen MR) is 89.7 cm³/mol. The number of carbonyl (C=O) groups is 1. The Morgan fingerprint density at radius 3 is 2.61 bits per heavy atom. The first-order valence-corrected chi connectivity index (χ1v) is 7.71. The molecule has 2 heterocycles. The van der Waals surface area contributed by atoms with Gasteiger partial charge in [0, 0.05) is 5.56 Å². The Kier molecular flexibility index (Phi) is 3.86. The summed E-state index contributed by atoms with van der Waals surface area (Å²) in [6, 6.07) is 11.4. The lowest BCUT2D eigenvalue weighted by atomic mass is 10.1. The minimum absolute atomic E-state index is 0.159. The molecule has 3 aromatic rings. The Morgan fingerprint density at radius 1 is 1.30 bits per heavy atom. The van der Waals surface area contributed by atoms with Crippen LogP contribution in [0.2, 0.25) is 0 Å². The largest absolute Gasteiger partial charge is 0.478 e. The lowest BCUT2D eigenvalue weighted by molar-refractivity contribution is 0.0699. The van der Waals surface area contributed by atoms with E-state index in [-0.39, 0.29) is 11.6 Å². The van der Waals surface area contributed by atoms with E-state index in [1.54, 1.807) is 6.07 Å². The van der Waals surface area contributed by atoms with Crippen LogP contribution in [0.15, 0.2) is 36.4 Å². The second-order valence-corrected chi connectivity index (χ2v) is 5.71. The first-order chi connectivity index (χ1) is 11.0. The molecule has 0 aliphatic carbocycles. The van der Waals surface area contributed by atoms with Crippen LogP contribution in [0.3, 0.4) is 0 Å². The van der Waals surface area contributed by atoms with Crippen LogP contribution >= 0.6 is 0 Å². The van der Waals surface area contributed by atoms with Crippen molar-refractivity contribution in [2.24, 2.45) is 0 Å². The average molecular weight is 309 g/mol. The van der Waals surface area contributed by atoms with Gasteiger partial charge in [0.1, 0.15) is 0 Å². The van der Waals surface area contributed by atoms with Crippen molar-refractivity contribution >= 4 is 17.0 Å². The average Bonchev–Trinajstić information content (AvgIpc) is 2.91. The van der Waals surface area contributed by atoms with Gasteiger partial charge in [-0.2, -0.15) is 5.10 Å². The quantitative estimate of drug-likeness (QED) is 0.788. The van der Waals surface area contributed by atoms with Crippen molar-refractivity contribution in [1.82, 2.24) is 14.8 Å². The molecule has 5 nitrogen and oxygen atoms in total. The highest BCUT2D eigenvalue weighted by Crippen LogP contribution is 2.29. The predicted octanol–water partition coefficient (Wildman–Crippen LogP) is 4.08. The topological polar surface area (TPSA) is 68.0 Å². The summed E-state index contributed by atoms with van der Waals surface area (Å²) in [5, 5.41) is 14.8. The smallest absolute Gasteiger partial charge is 0.336 e. The highest BCUT2D eigenvalue weighted by atomic mass is 16.4. The molecule has 0 bridgehead atoms. The maximum absolute atomic E-state index is 11.7. The SMILES string of the molecule is CCC(C)n1nc(C)c2c(C(=O)O)cc(-c3ccccc3)nc21. The number of aromatic nitrogens is 3. The molecule has 118 valence electrons. The fraction of sp³-hybridized carbons (Fsp3) is 0.278. The Balaban J connectivity index is 2.35. The molecule has 0 fully saturated rings. The van der Waals surface area contributed by atoms with Crippen molar-refractivity contribution in [2.75, 3.05) is 0 Å². The second-order valence-electron chi connectivity index (χ2n) is 5.71. The number of hydrogen-bond acceptors (Lipinski definition) is 3. The van der Waals surface area contributed by atoms with Crippen LogP contribution in [0.25, 0.3) is 22.3 Å². The van der Waals surface area contributed by atoms with Crippen molar-refractivity contribution in [1.29, 1.82) is 0 Å². The summed E-state index contributed by atoms with van der Waals surface area (Å²) in [6.45, 7) is 5.97. The molecule has 0 saturated heterocycles. The van der Waals surface area contributed by atoms with Crippen LogP contribution in [-0.4, -0.2) is 25.8 Å². The number of fused-ring (bicyclic) bond motifs is 1. The molecular formula is C18H19N3O2. The van der Waals surface area contributed by atoms with Crippen LogP contribution in [0.1, 0.15) is 42.4 Å². The van der Waals surface area contributed by atoms with E-state index in [1.165, 1.54) is 0 Å². The van der Waals surface area contributed by atoms with Gasteiger partial charge in [-0.3, -0.25) is 0 Å². The second kappa shape index (κ2) is 5.83. The van der Waals surface area contributed by atoms with E-state index in [9.17, 15) is 9.90 Å². The third-order valence-corrected chi connectivity index (χ3v) is 4.15. The highest BCUT2D eigenvalue weighted by molar-refractivity contribution is 6.04. The van der Waals surface area contributed by atoms with Crippen LogP contribution < -0.4 is 0 Å². The lowest BCUT2D eigenvalue weighted by Crippen LogP contribution is -2.07. The summed E-state index contributed by atoms with van der Waals surface area (Å²) in [4.78, 5) is 16.4. The number of hydrogen-bond donors (Lipinski definition) is 1. The van der Waals surface area contributed by atoms with Gasteiger partial charge in [0.2, 0.25) is 0 Å². The number of nitrogens with zero attached hydrogens (tertiary/aromatic N) is 3. The zero-order valence-corrected chi connectivity index (χ0v) is 13.4. The zero-order valence-electron chi connectivity index (χ0n) is 13.4. The van der Waals surface area contributed by atoms with Gasteiger partial charge >= 0.3 is 5.97 Å². The van der Waals surface area contributed by atoms with Crippen molar-refractivity contribution < 1.29 is 9.90 Å². The van der Waals surface area contributed by atoms with Crippen molar-refractivity contribution in [3.8, 4) is 11.3 Å².